The monoisotopic (exact) mass is 917 g/mol. The lowest BCUT2D eigenvalue weighted by atomic mass is 9.98. The summed E-state index contributed by atoms with van der Waals surface area (Å²) in [5, 5.41) is 24.1. The van der Waals surface area contributed by atoms with Gasteiger partial charge < -0.3 is 9.13 Å². The highest BCUT2D eigenvalue weighted by Crippen LogP contribution is 2.43. The second-order valence-corrected chi connectivity index (χ2v) is 17.8. The number of nitrogens with zero attached hydrogens (tertiary/aromatic N) is 7. The van der Waals surface area contributed by atoms with E-state index in [4.69, 9.17) is 15.0 Å². The summed E-state index contributed by atoms with van der Waals surface area (Å²) in [4.78, 5) is 15.9. The lowest BCUT2D eigenvalue weighted by Gasteiger charge is -2.17. The van der Waals surface area contributed by atoms with Gasteiger partial charge in [0, 0.05) is 49.5 Å². The Morgan fingerprint density at radius 2 is 0.778 bits per heavy atom. The molecule has 0 saturated heterocycles. The summed E-state index contributed by atoms with van der Waals surface area (Å²) in [7, 11) is 0. The van der Waals surface area contributed by atoms with Gasteiger partial charge in [-0.3, -0.25) is 0 Å². The van der Waals surface area contributed by atoms with Gasteiger partial charge in [0.1, 0.15) is 0 Å². The standard InChI is InChI=1S/C65H39N7/c66-40-42-15-12-21-46(35-42)48-29-32-59-55(37-48)56-38-49(47-22-13-16-43(36-47)41-67)30-33-60(56)72(59)61-34-31-50(52-26-14-27-54-53-25-10-11-28-58(53)71(62(52)54)51-23-8-3-9-24-51)39-57(61)65-69-63(44-17-4-1-5-18-44)68-64(70-65)45-19-6-2-7-20-45/h1-39H. The number of rotatable bonds is 8. The fourth-order valence-corrected chi connectivity index (χ4v) is 10.3. The van der Waals surface area contributed by atoms with E-state index in [2.05, 4.69) is 149 Å². The van der Waals surface area contributed by atoms with Crippen LogP contribution in [0.25, 0.3) is 123 Å². The van der Waals surface area contributed by atoms with Crippen molar-refractivity contribution < 1.29 is 0 Å². The number of benzene rings is 10. The molecule has 334 valence electrons. The summed E-state index contributed by atoms with van der Waals surface area (Å²) in [6.45, 7) is 0. The van der Waals surface area contributed by atoms with E-state index in [-0.39, 0.29) is 0 Å². The van der Waals surface area contributed by atoms with Crippen LogP contribution in [0, 0.1) is 22.7 Å². The maximum atomic E-state index is 9.87. The Balaban J connectivity index is 1.12. The molecule has 0 unspecified atom stereocenters. The molecule has 0 fully saturated rings. The number of hydrogen-bond acceptors (Lipinski definition) is 5. The Morgan fingerprint density at radius 1 is 0.306 bits per heavy atom. The Hall–Kier alpha value is -10.2. The van der Waals surface area contributed by atoms with Gasteiger partial charge >= 0.3 is 0 Å². The van der Waals surface area contributed by atoms with Crippen LogP contribution in [0.5, 0.6) is 0 Å². The number of aromatic nitrogens is 5. The molecule has 7 nitrogen and oxygen atoms in total. The van der Waals surface area contributed by atoms with Crippen LogP contribution >= 0.6 is 0 Å². The van der Waals surface area contributed by atoms with E-state index >= 15 is 0 Å². The van der Waals surface area contributed by atoms with Gasteiger partial charge in [-0.05, 0) is 107 Å². The normalized spacial score (nSPS) is 11.3. The number of nitriles is 2. The van der Waals surface area contributed by atoms with E-state index in [1.807, 2.05) is 109 Å². The van der Waals surface area contributed by atoms with Crippen molar-refractivity contribution in [2.24, 2.45) is 0 Å². The molecule has 0 aliphatic heterocycles. The van der Waals surface area contributed by atoms with Gasteiger partial charge in [-0.25, -0.2) is 15.0 Å². The van der Waals surface area contributed by atoms with Crippen LogP contribution < -0.4 is 0 Å². The molecule has 0 saturated carbocycles. The van der Waals surface area contributed by atoms with E-state index in [9.17, 15) is 10.5 Å². The van der Waals surface area contributed by atoms with E-state index < -0.39 is 0 Å². The van der Waals surface area contributed by atoms with Crippen molar-refractivity contribution in [3.8, 4) is 91.1 Å². The zero-order chi connectivity index (χ0) is 48.1. The average molecular weight is 918 g/mol. The Morgan fingerprint density at radius 3 is 1.38 bits per heavy atom. The first-order chi connectivity index (χ1) is 35.6. The SMILES string of the molecule is N#Cc1cccc(-c2ccc3c(c2)c2cc(-c4cccc(C#N)c4)ccc2n3-c2ccc(-c3cccc4c5ccccc5n(-c5ccccc5)c34)cc2-c2nc(-c3ccccc3)nc(-c3ccccc3)n2)c1. The number of para-hydroxylation sites is 3. The van der Waals surface area contributed by atoms with Gasteiger partial charge in [-0.2, -0.15) is 10.5 Å². The molecule has 0 spiro atoms. The summed E-state index contributed by atoms with van der Waals surface area (Å²) in [5.41, 5.74) is 15.9. The zero-order valence-corrected chi connectivity index (χ0v) is 38.6. The minimum Gasteiger partial charge on any atom is -0.309 e. The highest BCUT2D eigenvalue weighted by Gasteiger charge is 2.23. The second kappa shape index (κ2) is 17.4. The smallest absolute Gasteiger partial charge is 0.166 e. The van der Waals surface area contributed by atoms with Gasteiger partial charge in [-0.15, -0.1) is 0 Å². The van der Waals surface area contributed by atoms with Crippen molar-refractivity contribution in [3.63, 3.8) is 0 Å². The largest absolute Gasteiger partial charge is 0.309 e. The third kappa shape index (κ3) is 7.17. The molecule has 72 heavy (non-hydrogen) atoms. The second-order valence-electron chi connectivity index (χ2n) is 17.8. The molecule has 0 aliphatic carbocycles. The molecule has 0 atom stereocenters. The molecule has 3 heterocycles. The molecule has 7 heteroatoms. The molecule has 0 aliphatic rings. The topological polar surface area (TPSA) is 96.1 Å². The molecule has 3 aromatic heterocycles. The van der Waals surface area contributed by atoms with Crippen molar-refractivity contribution in [1.82, 2.24) is 24.1 Å². The van der Waals surface area contributed by atoms with Crippen LogP contribution in [0.3, 0.4) is 0 Å². The van der Waals surface area contributed by atoms with E-state index in [1.165, 1.54) is 5.39 Å². The lowest BCUT2D eigenvalue weighted by molar-refractivity contribution is 1.06. The summed E-state index contributed by atoms with van der Waals surface area (Å²) >= 11 is 0. The first kappa shape index (κ1) is 41.9. The highest BCUT2D eigenvalue weighted by molar-refractivity contribution is 6.15. The first-order valence-electron chi connectivity index (χ1n) is 23.8. The van der Waals surface area contributed by atoms with Crippen molar-refractivity contribution in [3.05, 3.63) is 248 Å². The number of hydrogen-bond donors (Lipinski definition) is 0. The lowest BCUT2D eigenvalue weighted by Crippen LogP contribution is -2.04. The molecule has 13 rings (SSSR count). The summed E-state index contributed by atoms with van der Waals surface area (Å²) < 4.78 is 4.70. The van der Waals surface area contributed by atoms with Gasteiger partial charge in [0.05, 0.1) is 51.0 Å². The van der Waals surface area contributed by atoms with Crippen LogP contribution in [-0.2, 0) is 0 Å². The zero-order valence-electron chi connectivity index (χ0n) is 38.6. The average Bonchev–Trinajstić information content (AvgIpc) is 3.98. The van der Waals surface area contributed by atoms with E-state index in [1.54, 1.807) is 0 Å². The maximum Gasteiger partial charge on any atom is 0.166 e. The molecule has 0 radical (unpaired) electrons. The maximum absolute atomic E-state index is 9.87. The molecule has 0 amide bonds. The van der Waals surface area contributed by atoms with Gasteiger partial charge in [0.15, 0.2) is 17.5 Å². The quantitative estimate of drug-likeness (QED) is 0.151. The minimum absolute atomic E-state index is 0.528. The van der Waals surface area contributed by atoms with Gasteiger partial charge in [0.25, 0.3) is 0 Å². The molecular formula is C65H39N7. The van der Waals surface area contributed by atoms with Crippen LogP contribution in [0.15, 0.2) is 237 Å². The Labute approximate surface area is 415 Å². The van der Waals surface area contributed by atoms with E-state index in [0.29, 0.717) is 28.6 Å². The van der Waals surface area contributed by atoms with Gasteiger partial charge in [-0.1, -0.05) is 158 Å². The molecular weight excluding hydrogens is 879 g/mol. The summed E-state index contributed by atoms with van der Waals surface area (Å²) in [5.74, 6) is 1.66. The molecule has 13 aromatic rings. The molecule has 0 bridgehead atoms. The van der Waals surface area contributed by atoms with Crippen molar-refractivity contribution >= 4 is 43.6 Å². The fraction of sp³-hybridized carbons (Fsp3) is 0. The van der Waals surface area contributed by atoms with E-state index in [0.717, 1.165) is 99.7 Å². The first-order valence-corrected chi connectivity index (χ1v) is 23.8. The van der Waals surface area contributed by atoms with Crippen LogP contribution in [0.2, 0.25) is 0 Å². The summed E-state index contributed by atoms with van der Waals surface area (Å²) in [6, 6.07) is 85.8. The van der Waals surface area contributed by atoms with Crippen molar-refractivity contribution in [1.29, 1.82) is 10.5 Å². The number of fused-ring (bicyclic) bond motifs is 6. The van der Waals surface area contributed by atoms with Crippen LogP contribution in [0.1, 0.15) is 11.1 Å². The third-order valence-electron chi connectivity index (χ3n) is 13.6. The highest BCUT2D eigenvalue weighted by atomic mass is 15.1. The Kier molecular flexibility index (Phi) is 10.1. The predicted octanol–water partition coefficient (Wildman–Crippen LogP) is 15.8. The minimum atomic E-state index is 0.528. The molecule has 0 N–H and O–H groups in total. The molecule has 10 aromatic carbocycles. The van der Waals surface area contributed by atoms with Crippen molar-refractivity contribution in [2.45, 2.75) is 0 Å². The predicted molar refractivity (Wildman–Crippen MR) is 291 cm³/mol. The van der Waals surface area contributed by atoms with Crippen LogP contribution in [0.4, 0.5) is 0 Å². The van der Waals surface area contributed by atoms with Gasteiger partial charge in [0.2, 0.25) is 0 Å². The Bertz CT molecular complexity index is 4180. The third-order valence-corrected chi connectivity index (χ3v) is 13.6. The van der Waals surface area contributed by atoms with Crippen molar-refractivity contribution in [2.75, 3.05) is 0 Å². The van der Waals surface area contributed by atoms with Crippen LogP contribution in [-0.4, -0.2) is 24.1 Å². The summed E-state index contributed by atoms with van der Waals surface area (Å²) in [6.07, 6.45) is 0. The fourth-order valence-electron chi connectivity index (χ4n) is 10.3.